The van der Waals surface area contributed by atoms with Gasteiger partial charge in [-0.1, -0.05) is 23.7 Å². The summed E-state index contributed by atoms with van der Waals surface area (Å²) in [6.07, 6.45) is 1.72. The van der Waals surface area contributed by atoms with Crippen LogP contribution in [0.1, 0.15) is 0 Å². The van der Waals surface area contributed by atoms with Crippen molar-refractivity contribution < 1.29 is 4.79 Å². The summed E-state index contributed by atoms with van der Waals surface area (Å²) in [6.45, 7) is 2.72. The van der Waals surface area contributed by atoms with Crippen LogP contribution in [0.15, 0.2) is 36.5 Å². The lowest BCUT2D eigenvalue weighted by Gasteiger charge is -2.35. The molecule has 1 aromatic carbocycles. The Morgan fingerprint density at radius 2 is 1.88 bits per heavy atom. The maximum Gasteiger partial charge on any atom is 0.319 e. The number of urea groups is 1. The lowest BCUT2D eigenvalue weighted by atomic mass is 10.3. The van der Waals surface area contributed by atoms with E-state index in [-0.39, 0.29) is 6.03 Å². The number of para-hydroxylation sites is 1. The lowest BCUT2D eigenvalue weighted by molar-refractivity contribution is 0.167. The average molecular weight is 361 g/mol. The zero-order chi connectivity index (χ0) is 17.8. The minimum atomic E-state index is 0.0368. The zero-order valence-corrected chi connectivity index (χ0v) is 15.1. The Labute approximate surface area is 152 Å². The van der Waals surface area contributed by atoms with E-state index in [1.54, 1.807) is 31.3 Å². The number of hydrogen-bond acceptors (Lipinski definition) is 5. The number of rotatable bonds is 3. The molecule has 1 saturated heterocycles. The molecule has 3 rings (SSSR count). The summed E-state index contributed by atoms with van der Waals surface area (Å²) < 4.78 is 0. The van der Waals surface area contributed by atoms with Crippen LogP contribution in [0.25, 0.3) is 0 Å². The standard InChI is InChI=1S/C17H21ClN6O/c1-22(2)17(25)24-11-9-23(10-12-24)16-19-8-7-15(21-16)20-14-6-4-3-5-13(14)18/h3-8H,9-12H2,1-2H3,(H,19,20,21). The van der Waals surface area contributed by atoms with E-state index in [1.165, 1.54) is 0 Å². The smallest absolute Gasteiger partial charge is 0.319 e. The van der Waals surface area contributed by atoms with Crippen molar-refractivity contribution >= 4 is 35.1 Å². The minimum Gasteiger partial charge on any atom is -0.339 e. The molecule has 25 heavy (non-hydrogen) atoms. The Kier molecular flexibility index (Phi) is 5.23. The van der Waals surface area contributed by atoms with Crippen LogP contribution in [0.2, 0.25) is 5.02 Å². The molecule has 2 heterocycles. The van der Waals surface area contributed by atoms with E-state index < -0.39 is 0 Å². The molecule has 1 aromatic heterocycles. The van der Waals surface area contributed by atoms with Gasteiger partial charge in [-0.3, -0.25) is 0 Å². The van der Waals surface area contributed by atoms with Crippen molar-refractivity contribution in [2.45, 2.75) is 0 Å². The van der Waals surface area contributed by atoms with Gasteiger partial charge in [-0.25, -0.2) is 9.78 Å². The highest BCUT2D eigenvalue weighted by atomic mass is 35.5. The van der Waals surface area contributed by atoms with Gasteiger partial charge in [0.15, 0.2) is 0 Å². The summed E-state index contributed by atoms with van der Waals surface area (Å²) in [7, 11) is 3.53. The van der Waals surface area contributed by atoms with Gasteiger partial charge in [0.2, 0.25) is 5.95 Å². The van der Waals surface area contributed by atoms with Crippen molar-refractivity contribution in [2.24, 2.45) is 0 Å². The molecule has 1 N–H and O–H groups in total. The molecule has 1 aliphatic rings. The molecule has 8 heteroatoms. The second-order valence-electron chi connectivity index (χ2n) is 6.00. The Balaban J connectivity index is 1.67. The van der Waals surface area contributed by atoms with Gasteiger partial charge in [-0.15, -0.1) is 0 Å². The molecule has 0 saturated carbocycles. The molecule has 2 aromatic rings. The highest BCUT2D eigenvalue weighted by Crippen LogP contribution is 2.24. The summed E-state index contributed by atoms with van der Waals surface area (Å²) in [4.78, 5) is 26.5. The van der Waals surface area contributed by atoms with E-state index >= 15 is 0 Å². The number of halogens is 1. The van der Waals surface area contributed by atoms with Crippen molar-refractivity contribution in [2.75, 3.05) is 50.5 Å². The van der Waals surface area contributed by atoms with Gasteiger partial charge in [0.05, 0.1) is 10.7 Å². The number of benzene rings is 1. The van der Waals surface area contributed by atoms with Gasteiger partial charge in [0.25, 0.3) is 0 Å². The monoisotopic (exact) mass is 360 g/mol. The molecule has 2 amide bonds. The summed E-state index contributed by atoms with van der Waals surface area (Å²) >= 11 is 6.18. The number of anilines is 3. The summed E-state index contributed by atoms with van der Waals surface area (Å²) in [6, 6.07) is 9.36. The first kappa shape index (κ1) is 17.3. The number of amides is 2. The van der Waals surface area contributed by atoms with Gasteiger partial charge < -0.3 is 20.0 Å². The molecule has 0 aliphatic carbocycles. The average Bonchev–Trinajstić information content (AvgIpc) is 2.63. The number of carbonyl (C=O) groups is 1. The quantitative estimate of drug-likeness (QED) is 0.911. The maximum atomic E-state index is 12.0. The largest absolute Gasteiger partial charge is 0.339 e. The van der Waals surface area contributed by atoms with Crippen molar-refractivity contribution in [1.82, 2.24) is 19.8 Å². The Hall–Kier alpha value is -2.54. The molecule has 7 nitrogen and oxygen atoms in total. The third kappa shape index (κ3) is 4.11. The van der Waals surface area contributed by atoms with Crippen LogP contribution in [0.5, 0.6) is 0 Å². The van der Waals surface area contributed by atoms with Crippen LogP contribution in [0.4, 0.5) is 22.2 Å². The summed E-state index contributed by atoms with van der Waals surface area (Å²) in [5.74, 6) is 1.33. The van der Waals surface area contributed by atoms with Crippen LogP contribution in [0, 0.1) is 0 Å². The number of hydrogen-bond donors (Lipinski definition) is 1. The molecule has 132 valence electrons. The number of nitrogens with one attached hydrogen (secondary N) is 1. The van der Waals surface area contributed by atoms with E-state index in [4.69, 9.17) is 11.6 Å². The third-order valence-electron chi connectivity index (χ3n) is 4.00. The SMILES string of the molecule is CN(C)C(=O)N1CCN(c2nccc(Nc3ccccc3Cl)n2)CC1. The fraction of sp³-hybridized carbons (Fsp3) is 0.353. The van der Waals surface area contributed by atoms with E-state index in [9.17, 15) is 4.79 Å². The molecule has 0 spiro atoms. The van der Waals surface area contributed by atoms with Crippen molar-refractivity contribution in [3.63, 3.8) is 0 Å². The zero-order valence-electron chi connectivity index (χ0n) is 14.3. The molecule has 0 bridgehead atoms. The Morgan fingerprint density at radius 3 is 2.56 bits per heavy atom. The van der Waals surface area contributed by atoms with E-state index in [0.717, 1.165) is 5.69 Å². The number of aromatic nitrogens is 2. The van der Waals surface area contributed by atoms with Crippen LogP contribution in [0.3, 0.4) is 0 Å². The van der Waals surface area contributed by atoms with Gasteiger partial charge in [0, 0.05) is 46.5 Å². The maximum absolute atomic E-state index is 12.0. The summed E-state index contributed by atoms with van der Waals surface area (Å²) in [5.41, 5.74) is 0.801. The van der Waals surface area contributed by atoms with Gasteiger partial charge in [-0.05, 0) is 18.2 Å². The molecule has 0 radical (unpaired) electrons. The van der Waals surface area contributed by atoms with Crippen LogP contribution in [-0.4, -0.2) is 66.1 Å². The molecular formula is C17H21ClN6O. The normalized spacial score (nSPS) is 14.4. The third-order valence-corrected chi connectivity index (χ3v) is 4.32. The predicted octanol–water partition coefficient (Wildman–Crippen LogP) is 2.68. The van der Waals surface area contributed by atoms with Crippen LogP contribution >= 0.6 is 11.6 Å². The predicted molar refractivity (Wildman–Crippen MR) is 99.6 cm³/mol. The van der Waals surface area contributed by atoms with Crippen LogP contribution < -0.4 is 10.2 Å². The van der Waals surface area contributed by atoms with Gasteiger partial charge >= 0.3 is 6.03 Å². The Bertz CT molecular complexity index is 745. The highest BCUT2D eigenvalue weighted by molar-refractivity contribution is 6.33. The van der Waals surface area contributed by atoms with E-state index in [2.05, 4.69) is 20.2 Å². The minimum absolute atomic E-state index is 0.0368. The first-order valence-corrected chi connectivity index (χ1v) is 8.48. The molecule has 1 aliphatic heterocycles. The van der Waals surface area contributed by atoms with Crippen molar-refractivity contribution in [1.29, 1.82) is 0 Å². The van der Waals surface area contributed by atoms with Gasteiger partial charge in [0.1, 0.15) is 5.82 Å². The molecule has 0 unspecified atom stereocenters. The molecule has 0 atom stereocenters. The van der Waals surface area contributed by atoms with Gasteiger partial charge in [-0.2, -0.15) is 4.98 Å². The fourth-order valence-electron chi connectivity index (χ4n) is 2.65. The highest BCUT2D eigenvalue weighted by Gasteiger charge is 2.23. The fourth-order valence-corrected chi connectivity index (χ4v) is 2.83. The molecular weight excluding hydrogens is 340 g/mol. The van der Waals surface area contributed by atoms with Crippen molar-refractivity contribution in [3.05, 3.63) is 41.6 Å². The topological polar surface area (TPSA) is 64.6 Å². The first-order chi connectivity index (χ1) is 12.0. The Morgan fingerprint density at radius 1 is 1.16 bits per heavy atom. The molecule has 1 fully saturated rings. The number of carbonyl (C=O) groups excluding carboxylic acids is 1. The number of nitrogens with zero attached hydrogens (tertiary/aromatic N) is 5. The van der Waals surface area contributed by atoms with Crippen LogP contribution in [-0.2, 0) is 0 Å². The second-order valence-corrected chi connectivity index (χ2v) is 6.41. The lowest BCUT2D eigenvalue weighted by Crippen LogP contribution is -2.51. The van der Waals surface area contributed by atoms with E-state index in [0.29, 0.717) is 43.0 Å². The van der Waals surface area contributed by atoms with Crippen molar-refractivity contribution in [3.8, 4) is 0 Å². The second kappa shape index (κ2) is 7.57. The first-order valence-electron chi connectivity index (χ1n) is 8.10. The van der Waals surface area contributed by atoms with E-state index in [1.807, 2.05) is 29.2 Å². The number of piperazine rings is 1. The summed E-state index contributed by atoms with van der Waals surface area (Å²) in [5, 5.41) is 3.85.